The van der Waals surface area contributed by atoms with Crippen molar-refractivity contribution in [1.29, 1.82) is 5.26 Å². The summed E-state index contributed by atoms with van der Waals surface area (Å²) in [6.07, 6.45) is 1.14. The Morgan fingerprint density at radius 1 is 1.19 bits per heavy atom. The summed E-state index contributed by atoms with van der Waals surface area (Å²) in [5.74, 6) is -2.31. The molecule has 190 valence electrons. The van der Waals surface area contributed by atoms with Crippen LogP contribution in [0.5, 0.6) is 11.6 Å². The highest BCUT2D eigenvalue weighted by Crippen LogP contribution is 2.48. The highest BCUT2D eigenvalue weighted by Gasteiger charge is 2.36. The summed E-state index contributed by atoms with van der Waals surface area (Å²) in [4.78, 5) is 36.1. The predicted molar refractivity (Wildman–Crippen MR) is 130 cm³/mol. The first-order valence-electron chi connectivity index (χ1n) is 11.0. The number of aromatic nitrogens is 1. The third kappa shape index (κ3) is 6.29. The summed E-state index contributed by atoms with van der Waals surface area (Å²) in [5.41, 5.74) is 10.5. The first-order chi connectivity index (χ1) is 17.0. The van der Waals surface area contributed by atoms with Gasteiger partial charge in [0.1, 0.15) is 5.75 Å². The van der Waals surface area contributed by atoms with E-state index in [1.807, 2.05) is 20.8 Å². The largest absolute Gasteiger partial charge is 0.496 e. The number of nitriles is 1. The molecule has 36 heavy (non-hydrogen) atoms. The van der Waals surface area contributed by atoms with Crippen molar-refractivity contribution in [3.05, 3.63) is 57.9 Å². The van der Waals surface area contributed by atoms with E-state index in [0.29, 0.717) is 40.6 Å². The number of benzene rings is 1. The highest BCUT2D eigenvalue weighted by atomic mass is 16.5. The fraction of sp³-hybridized carbons (Fsp3) is 0.320. The van der Waals surface area contributed by atoms with Crippen LogP contribution >= 0.6 is 0 Å². The molecule has 1 aliphatic rings. The number of nitrogens with one attached hydrogen (secondary N) is 1. The molecule has 5 N–H and O–H groups in total. The maximum atomic E-state index is 12.4. The van der Waals surface area contributed by atoms with E-state index in [-0.39, 0.29) is 12.8 Å². The van der Waals surface area contributed by atoms with Gasteiger partial charge >= 0.3 is 11.9 Å². The summed E-state index contributed by atoms with van der Waals surface area (Å²) in [5, 5.41) is 28.3. The van der Waals surface area contributed by atoms with Crippen LogP contribution in [-0.2, 0) is 14.4 Å². The fourth-order valence-electron chi connectivity index (χ4n) is 3.78. The number of ether oxygens (including phenoxy) is 2. The number of pyridine rings is 1. The lowest BCUT2D eigenvalue weighted by Crippen LogP contribution is -2.28. The molecule has 0 bridgehead atoms. The number of fused-ring (bicyclic) bond motifs is 1. The minimum atomic E-state index is -1.08. The predicted octanol–water partition coefficient (Wildman–Crippen LogP) is 2.92. The highest BCUT2D eigenvalue weighted by molar-refractivity contribution is 5.98. The average Bonchev–Trinajstić information content (AvgIpc) is 2.83. The van der Waals surface area contributed by atoms with Crippen LogP contribution < -0.4 is 20.5 Å². The fourth-order valence-corrected chi connectivity index (χ4v) is 3.78. The van der Waals surface area contributed by atoms with Crippen LogP contribution in [0.4, 0.5) is 5.69 Å². The van der Waals surface area contributed by atoms with Gasteiger partial charge < -0.3 is 30.7 Å². The minimum absolute atomic E-state index is 0.296. The molecule has 0 fully saturated rings. The third-order valence-corrected chi connectivity index (χ3v) is 5.34. The van der Waals surface area contributed by atoms with Crippen molar-refractivity contribution in [1.82, 2.24) is 4.98 Å². The number of nitrogens with two attached hydrogens (primary N) is 1. The van der Waals surface area contributed by atoms with Gasteiger partial charge in [0.2, 0.25) is 11.8 Å². The Balaban J connectivity index is 0.000000493. The van der Waals surface area contributed by atoms with Crippen molar-refractivity contribution >= 4 is 23.5 Å². The topological polar surface area (TPSA) is 185 Å². The molecule has 0 spiro atoms. The number of carbonyl (C=O) groups is 3. The van der Waals surface area contributed by atoms with Gasteiger partial charge in [-0.1, -0.05) is 6.07 Å². The van der Waals surface area contributed by atoms with Crippen LogP contribution in [0.3, 0.4) is 0 Å². The number of carboxylic acids is 2. The molecule has 1 atom stereocenters. The number of allylic oxidation sites excluding steroid dienone is 1. The number of hydrogen-bond acceptors (Lipinski definition) is 8. The number of anilines is 1. The number of primary amides is 1. The first kappa shape index (κ1) is 27.7. The van der Waals surface area contributed by atoms with E-state index < -0.39 is 23.8 Å². The molecular formula is C25H28N4O7. The van der Waals surface area contributed by atoms with Crippen molar-refractivity contribution in [2.24, 2.45) is 5.73 Å². The second kappa shape index (κ2) is 12.2. The Morgan fingerprint density at radius 3 is 2.33 bits per heavy atom. The van der Waals surface area contributed by atoms with Gasteiger partial charge in [0, 0.05) is 23.0 Å². The maximum absolute atomic E-state index is 12.4. The van der Waals surface area contributed by atoms with E-state index in [9.17, 15) is 19.6 Å². The molecule has 3 rings (SSSR count). The molecule has 2 heterocycles. The molecule has 1 aliphatic heterocycles. The Bertz CT molecular complexity index is 1230. The lowest BCUT2D eigenvalue weighted by molar-refractivity contribution is -0.143. The zero-order valence-corrected chi connectivity index (χ0v) is 20.4. The van der Waals surface area contributed by atoms with Crippen LogP contribution in [0.1, 0.15) is 54.9 Å². The normalized spacial score (nSPS) is 13.8. The van der Waals surface area contributed by atoms with Crippen LogP contribution in [0.2, 0.25) is 0 Å². The van der Waals surface area contributed by atoms with E-state index in [0.717, 1.165) is 16.8 Å². The van der Waals surface area contributed by atoms with E-state index in [2.05, 4.69) is 16.4 Å². The summed E-state index contributed by atoms with van der Waals surface area (Å²) < 4.78 is 11.3. The number of nitrogens with zero attached hydrogens (tertiary/aromatic N) is 2. The quantitative estimate of drug-likeness (QED) is 0.423. The van der Waals surface area contributed by atoms with E-state index >= 15 is 0 Å². The van der Waals surface area contributed by atoms with Gasteiger partial charge in [-0.3, -0.25) is 14.4 Å². The zero-order valence-electron chi connectivity index (χ0n) is 20.4. The van der Waals surface area contributed by atoms with Crippen molar-refractivity contribution in [2.75, 3.05) is 19.0 Å². The van der Waals surface area contributed by atoms with Gasteiger partial charge in [-0.25, -0.2) is 4.98 Å². The number of aliphatic carboxylic acids is 2. The molecule has 2 aromatic rings. The number of amides is 1. The molecule has 1 aromatic carbocycles. The van der Waals surface area contributed by atoms with E-state index in [1.165, 1.54) is 7.11 Å². The van der Waals surface area contributed by atoms with Gasteiger partial charge in [-0.15, -0.1) is 0 Å². The Hall–Kier alpha value is -4.59. The van der Waals surface area contributed by atoms with Gasteiger partial charge in [0.15, 0.2) is 0 Å². The lowest BCUT2D eigenvalue weighted by Gasteiger charge is -2.32. The summed E-state index contributed by atoms with van der Waals surface area (Å²) in [7, 11) is 1.53. The molecule has 0 unspecified atom stereocenters. The Labute approximate surface area is 208 Å². The molecule has 0 aliphatic carbocycles. The van der Waals surface area contributed by atoms with Gasteiger partial charge in [-0.2, -0.15) is 5.26 Å². The molecule has 0 saturated carbocycles. The molecule has 1 amide bonds. The molecular weight excluding hydrogens is 468 g/mol. The Kier molecular flexibility index (Phi) is 9.38. The number of rotatable bonds is 8. The van der Waals surface area contributed by atoms with Crippen LogP contribution in [0, 0.1) is 18.3 Å². The smallest absolute Gasteiger partial charge is 0.303 e. The van der Waals surface area contributed by atoms with E-state index in [4.69, 9.17) is 25.4 Å². The Morgan fingerprint density at radius 2 is 1.83 bits per heavy atom. The first-order valence-corrected chi connectivity index (χ1v) is 11.0. The maximum Gasteiger partial charge on any atom is 0.303 e. The monoisotopic (exact) mass is 496 g/mol. The standard InChI is InChI=1S/C21H22N4O3.C4H6O4/c1-5-28-21-18-17(14-7-6-13(9-22)8-15(14)27-4)16(20(23)26)12(3)25-19(18)11(2)10-24-21;5-3(6)1-2-4(7)8/h6-8,10,17,25H,5H2,1-4H3,(H2,23,26);1-2H2,(H,5,6)(H,7,8)/t17-;/m1./s1. The molecule has 0 saturated heterocycles. The van der Waals surface area contributed by atoms with Crippen molar-refractivity contribution in [3.8, 4) is 17.7 Å². The van der Waals surface area contributed by atoms with E-state index in [1.54, 1.807) is 24.4 Å². The molecule has 1 aromatic heterocycles. The van der Waals surface area contributed by atoms with Crippen LogP contribution in [0.25, 0.3) is 0 Å². The van der Waals surface area contributed by atoms with Crippen LogP contribution in [0.15, 0.2) is 35.7 Å². The number of carbonyl (C=O) groups excluding carboxylic acids is 1. The molecule has 0 radical (unpaired) electrons. The zero-order chi connectivity index (χ0) is 27.0. The summed E-state index contributed by atoms with van der Waals surface area (Å²) >= 11 is 0. The summed E-state index contributed by atoms with van der Waals surface area (Å²) in [6, 6.07) is 7.22. The van der Waals surface area contributed by atoms with Gasteiger partial charge in [-0.05, 0) is 38.5 Å². The van der Waals surface area contributed by atoms with Crippen molar-refractivity contribution in [2.45, 2.75) is 39.5 Å². The number of carboxylic acid groups (broad SMARTS) is 2. The average molecular weight is 497 g/mol. The molecule has 11 heteroatoms. The van der Waals surface area contributed by atoms with Gasteiger partial charge in [0.05, 0.1) is 55.4 Å². The van der Waals surface area contributed by atoms with Crippen LogP contribution in [-0.4, -0.2) is 46.8 Å². The summed E-state index contributed by atoms with van der Waals surface area (Å²) in [6.45, 7) is 6.04. The second-order valence-corrected chi connectivity index (χ2v) is 7.79. The third-order valence-electron chi connectivity index (χ3n) is 5.34. The number of methoxy groups -OCH3 is 1. The van der Waals surface area contributed by atoms with Crippen molar-refractivity contribution < 1.29 is 34.1 Å². The number of hydrogen-bond donors (Lipinski definition) is 4. The number of aryl methyl sites for hydroxylation is 1. The van der Waals surface area contributed by atoms with Crippen molar-refractivity contribution in [3.63, 3.8) is 0 Å². The SMILES string of the molecule is CCOc1ncc(C)c2c1[C@H](c1ccc(C#N)cc1OC)C(C(N)=O)=C(C)N2.O=C(O)CCC(=O)O. The second-order valence-electron chi connectivity index (χ2n) is 7.79. The lowest BCUT2D eigenvalue weighted by atomic mass is 9.79. The molecule has 11 nitrogen and oxygen atoms in total. The minimum Gasteiger partial charge on any atom is -0.496 e. The van der Waals surface area contributed by atoms with Gasteiger partial charge in [0.25, 0.3) is 0 Å².